The summed E-state index contributed by atoms with van der Waals surface area (Å²) in [5.74, 6) is 2.31. The van der Waals surface area contributed by atoms with Gasteiger partial charge in [-0.05, 0) is 42.8 Å². The maximum absolute atomic E-state index is 6.39. The van der Waals surface area contributed by atoms with Crippen LogP contribution in [0.25, 0.3) is 0 Å². The van der Waals surface area contributed by atoms with Gasteiger partial charge in [0.25, 0.3) is 0 Å². The number of H-pyrrole nitrogens is 1. The van der Waals surface area contributed by atoms with Crippen molar-refractivity contribution in [1.82, 2.24) is 14.9 Å². The zero-order valence-corrected chi connectivity index (χ0v) is 16.4. The third-order valence-corrected chi connectivity index (χ3v) is 3.79. The van der Waals surface area contributed by atoms with E-state index in [1.54, 1.807) is 17.0 Å². The number of aromatic nitrogens is 3. The average molecular weight is 383 g/mol. The summed E-state index contributed by atoms with van der Waals surface area (Å²) in [6.45, 7) is 9.14. The predicted molar refractivity (Wildman–Crippen MR) is 103 cm³/mol. The number of aryl methyl sites for hydroxylation is 1. The van der Waals surface area contributed by atoms with E-state index >= 15 is 0 Å². The molecule has 2 rings (SSSR count). The van der Waals surface area contributed by atoms with Gasteiger partial charge in [0.2, 0.25) is 4.77 Å². The summed E-state index contributed by atoms with van der Waals surface area (Å²) in [5, 5.41) is 11.7. The van der Waals surface area contributed by atoms with Crippen molar-refractivity contribution in [2.75, 3.05) is 13.2 Å². The molecule has 1 aromatic carbocycles. The van der Waals surface area contributed by atoms with Crippen LogP contribution in [-0.2, 0) is 6.42 Å². The second-order valence-corrected chi connectivity index (χ2v) is 6.62. The molecule has 0 amide bonds. The van der Waals surface area contributed by atoms with E-state index in [-0.39, 0.29) is 0 Å². The first-order valence-corrected chi connectivity index (χ1v) is 9.04. The molecule has 0 radical (unpaired) electrons. The molecule has 136 valence electrons. The zero-order valence-electron chi connectivity index (χ0n) is 14.9. The Morgan fingerprint density at radius 2 is 2.12 bits per heavy atom. The number of hydrogen-bond acceptors (Lipinski definition) is 5. The maximum Gasteiger partial charge on any atom is 0.216 e. The molecule has 2 aromatic rings. The Morgan fingerprint density at radius 3 is 2.76 bits per heavy atom. The molecular weight excluding hydrogens is 360 g/mol. The molecule has 8 heteroatoms. The largest absolute Gasteiger partial charge is 0.490 e. The maximum atomic E-state index is 6.39. The zero-order chi connectivity index (χ0) is 18.4. The van der Waals surface area contributed by atoms with Crippen LogP contribution < -0.4 is 9.47 Å². The molecule has 6 nitrogen and oxygen atoms in total. The van der Waals surface area contributed by atoms with Gasteiger partial charge in [0.05, 0.1) is 24.5 Å². The third kappa shape index (κ3) is 5.06. The van der Waals surface area contributed by atoms with Crippen molar-refractivity contribution in [2.24, 2.45) is 11.0 Å². The van der Waals surface area contributed by atoms with Crippen LogP contribution in [0.15, 0.2) is 17.2 Å². The number of nitrogens with zero attached hydrogens (tertiary/aromatic N) is 3. The first kappa shape index (κ1) is 19.5. The van der Waals surface area contributed by atoms with Crippen LogP contribution >= 0.6 is 23.8 Å². The molecule has 0 aliphatic rings. The number of aromatic amines is 1. The van der Waals surface area contributed by atoms with E-state index in [0.29, 0.717) is 40.4 Å². The van der Waals surface area contributed by atoms with E-state index in [9.17, 15) is 0 Å². The van der Waals surface area contributed by atoms with E-state index in [1.807, 2.05) is 19.9 Å². The minimum atomic E-state index is 0.391. The molecule has 0 bridgehead atoms. The van der Waals surface area contributed by atoms with Crippen molar-refractivity contribution in [2.45, 2.75) is 34.1 Å². The summed E-state index contributed by atoms with van der Waals surface area (Å²) in [6.07, 6.45) is 2.39. The fourth-order valence-electron chi connectivity index (χ4n) is 2.11. The minimum absolute atomic E-state index is 0.391. The molecule has 0 fully saturated rings. The number of nitrogens with one attached hydrogen (secondary N) is 1. The monoisotopic (exact) mass is 382 g/mol. The fourth-order valence-corrected chi connectivity index (χ4v) is 2.58. The van der Waals surface area contributed by atoms with Gasteiger partial charge in [0.15, 0.2) is 17.3 Å². The summed E-state index contributed by atoms with van der Waals surface area (Å²) in [5.41, 5.74) is 0.788. The standard InChI is InChI=1S/C17H23ClN4O2S/c1-5-15-20-21-17(25)22(15)19-9-12-7-13(18)16(24-10-11(3)4)14(8-12)23-6-2/h7-9,11H,5-6,10H2,1-4H3,(H,21,25)/b19-9-. The van der Waals surface area contributed by atoms with E-state index < -0.39 is 0 Å². The lowest BCUT2D eigenvalue weighted by atomic mass is 10.2. The lowest BCUT2D eigenvalue weighted by molar-refractivity contribution is 0.248. The van der Waals surface area contributed by atoms with Crippen LogP contribution in [0.4, 0.5) is 0 Å². The Bertz CT molecular complexity index is 798. The van der Waals surface area contributed by atoms with Gasteiger partial charge in [-0.2, -0.15) is 14.9 Å². The lowest BCUT2D eigenvalue weighted by Gasteiger charge is -2.15. The SMILES string of the molecule is CCOc1cc(/C=N\n2c(CC)n[nH]c2=S)cc(Cl)c1OCC(C)C. The summed E-state index contributed by atoms with van der Waals surface area (Å²) in [7, 11) is 0. The van der Waals surface area contributed by atoms with E-state index in [2.05, 4.69) is 29.1 Å². The van der Waals surface area contributed by atoms with Crippen LogP contribution in [0.3, 0.4) is 0 Å². The minimum Gasteiger partial charge on any atom is -0.490 e. The van der Waals surface area contributed by atoms with Crippen LogP contribution in [0.1, 0.15) is 39.1 Å². The smallest absolute Gasteiger partial charge is 0.216 e. The number of halogens is 1. The van der Waals surface area contributed by atoms with Gasteiger partial charge in [-0.15, -0.1) is 0 Å². The molecule has 0 saturated heterocycles. The average Bonchev–Trinajstić information content (AvgIpc) is 2.92. The highest BCUT2D eigenvalue weighted by molar-refractivity contribution is 7.71. The highest BCUT2D eigenvalue weighted by Crippen LogP contribution is 2.36. The van der Waals surface area contributed by atoms with Gasteiger partial charge in [-0.1, -0.05) is 32.4 Å². The van der Waals surface area contributed by atoms with Crippen molar-refractivity contribution < 1.29 is 9.47 Å². The number of benzene rings is 1. The van der Waals surface area contributed by atoms with Crippen LogP contribution in [0.2, 0.25) is 5.02 Å². The molecule has 0 spiro atoms. The second-order valence-electron chi connectivity index (χ2n) is 5.82. The predicted octanol–water partition coefficient (Wildman–Crippen LogP) is 4.47. The molecule has 0 aliphatic carbocycles. The molecular formula is C17H23ClN4O2S. The van der Waals surface area contributed by atoms with Gasteiger partial charge < -0.3 is 9.47 Å². The van der Waals surface area contributed by atoms with Crippen LogP contribution in [0, 0.1) is 10.7 Å². The highest BCUT2D eigenvalue weighted by Gasteiger charge is 2.13. The molecule has 1 aromatic heterocycles. The van der Waals surface area contributed by atoms with E-state index in [0.717, 1.165) is 17.8 Å². The number of ether oxygens (including phenoxy) is 2. The van der Waals surface area contributed by atoms with Crippen molar-refractivity contribution in [3.63, 3.8) is 0 Å². The van der Waals surface area contributed by atoms with Crippen molar-refractivity contribution >= 4 is 30.0 Å². The molecule has 1 heterocycles. The quantitative estimate of drug-likeness (QED) is 0.540. The highest BCUT2D eigenvalue weighted by atomic mass is 35.5. The van der Waals surface area contributed by atoms with E-state index in [4.69, 9.17) is 33.3 Å². The van der Waals surface area contributed by atoms with E-state index in [1.165, 1.54) is 0 Å². The lowest BCUT2D eigenvalue weighted by Crippen LogP contribution is -2.07. The Morgan fingerprint density at radius 1 is 1.36 bits per heavy atom. The normalized spacial score (nSPS) is 11.4. The summed E-state index contributed by atoms with van der Waals surface area (Å²) in [4.78, 5) is 0. The van der Waals surface area contributed by atoms with Gasteiger partial charge in [0, 0.05) is 6.42 Å². The van der Waals surface area contributed by atoms with Crippen LogP contribution in [0.5, 0.6) is 11.5 Å². The van der Waals surface area contributed by atoms with Gasteiger partial charge in [0.1, 0.15) is 0 Å². The first-order chi connectivity index (χ1) is 12.0. The molecule has 1 N–H and O–H groups in total. The molecule has 0 unspecified atom stereocenters. The van der Waals surface area contributed by atoms with Gasteiger partial charge >= 0.3 is 0 Å². The van der Waals surface area contributed by atoms with Crippen LogP contribution in [-0.4, -0.2) is 34.3 Å². The fraction of sp³-hybridized carbons (Fsp3) is 0.471. The summed E-state index contributed by atoms with van der Waals surface area (Å²) in [6, 6.07) is 3.64. The Hall–Kier alpha value is -1.86. The second kappa shape index (κ2) is 9.01. The van der Waals surface area contributed by atoms with Crippen molar-refractivity contribution in [1.29, 1.82) is 0 Å². The molecule has 0 saturated carbocycles. The Balaban J connectivity index is 2.34. The van der Waals surface area contributed by atoms with Crippen molar-refractivity contribution in [3.8, 4) is 11.5 Å². The summed E-state index contributed by atoms with van der Waals surface area (Å²) >= 11 is 11.6. The Labute approximate surface area is 157 Å². The summed E-state index contributed by atoms with van der Waals surface area (Å²) < 4.78 is 13.5. The third-order valence-electron chi connectivity index (χ3n) is 3.25. The molecule has 0 aliphatic heterocycles. The number of hydrogen-bond donors (Lipinski definition) is 1. The van der Waals surface area contributed by atoms with Gasteiger partial charge in [-0.25, -0.2) is 0 Å². The number of rotatable bonds is 8. The topological polar surface area (TPSA) is 64.4 Å². The molecule has 0 atom stereocenters. The van der Waals surface area contributed by atoms with Gasteiger partial charge in [-0.3, -0.25) is 5.10 Å². The molecule has 25 heavy (non-hydrogen) atoms. The van der Waals surface area contributed by atoms with Crippen molar-refractivity contribution in [3.05, 3.63) is 33.3 Å². The Kier molecular flexibility index (Phi) is 7.01. The first-order valence-electron chi connectivity index (χ1n) is 8.26.